The SMILES string of the molecule is CCN(/C=C(/C#N)C(=O)Nc1ccc(S(=O)(=O)O)cc1)CCO. The normalized spacial score (nSPS) is 11.7. The van der Waals surface area contributed by atoms with Crippen LogP contribution in [-0.4, -0.2) is 48.6 Å². The summed E-state index contributed by atoms with van der Waals surface area (Å²) in [6.07, 6.45) is 1.35. The summed E-state index contributed by atoms with van der Waals surface area (Å²) in [5, 5.41) is 20.4. The van der Waals surface area contributed by atoms with Crippen molar-refractivity contribution < 1.29 is 22.9 Å². The number of hydrogen-bond donors (Lipinski definition) is 3. The number of aliphatic hydroxyl groups excluding tert-OH is 1. The smallest absolute Gasteiger partial charge is 0.294 e. The molecule has 0 atom stereocenters. The molecule has 1 amide bonds. The van der Waals surface area contributed by atoms with Crippen LogP contribution in [0.2, 0.25) is 0 Å². The van der Waals surface area contributed by atoms with Crippen molar-refractivity contribution in [3.63, 3.8) is 0 Å². The second-order valence-electron chi connectivity index (χ2n) is 4.46. The fourth-order valence-electron chi connectivity index (χ4n) is 1.67. The summed E-state index contributed by atoms with van der Waals surface area (Å²) in [6.45, 7) is 2.51. The molecule has 0 spiro atoms. The molecule has 0 saturated heterocycles. The number of rotatable bonds is 7. The van der Waals surface area contributed by atoms with Gasteiger partial charge in [0.05, 0.1) is 11.5 Å². The Morgan fingerprint density at radius 1 is 1.39 bits per heavy atom. The van der Waals surface area contributed by atoms with Gasteiger partial charge >= 0.3 is 0 Å². The third-order valence-corrected chi connectivity index (χ3v) is 3.75. The van der Waals surface area contributed by atoms with E-state index in [1.54, 1.807) is 11.0 Å². The van der Waals surface area contributed by atoms with Gasteiger partial charge in [-0.15, -0.1) is 0 Å². The molecule has 0 aliphatic carbocycles. The van der Waals surface area contributed by atoms with Crippen molar-refractivity contribution >= 4 is 21.7 Å². The van der Waals surface area contributed by atoms with Gasteiger partial charge < -0.3 is 15.3 Å². The molecule has 0 aliphatic rings. The molecule has 0 heterocycles. The van der Waals surface area contributed by atoms with Gasteiger partial charge in [-0.2, -0.15) is 13.7 Å². The van der Waals surface area contributed by atoms with Crippen LogP contribution in [0.1, 0.15) is 6.92 Å². The van der Waals surface area contributed by atoms with Crippen molar-refractivity contribution in [3.8, 4) is 6.07 Å². The van der Waals surface area contributed by atoms with Crippen LogP contribution < -0.4 is 5.32 Å². The summed E-state index contributed by atoms with van der Waals surface area (Å²) in [6, 6.07) is 6.62. The fourth-order valence-corrected chi connectivity index (χ4v) is 2.15. The predicted octanol–water partition coefficient (Wildman–Crippen LogP) is 0.593. The molecule has 1 rings (SSSR count). The third-order valence-electron chi connectivity index (χ3n) is 2.88. The third kappa shape index (κ3) is 5.71. The first-order valence-corrected chi connectivity index (χ1v) is 8.11. The summed E-state index contributed by atoms with van der Waals surface area (Å²) in [7, 11) is -4.30. The lowest BCUT2D eigenvalue weighted by Crippen LogP contribution is -2.23. The molecule has 0 aromatic heterocycles. The second kappa shape index (κ2) is 8.28. The van der Waals surface area contributed by atoms with E-state index in [9.17, 15) is 13.2 Å². The van der Waals surface area contributed by atoms with Crippen molar-refractivity contribution in [2.75, 3.05) is 25.0 Å². The first-order valence-electron chi connectivity index (χ1n) is 6.67. The Bertz CT molecular complexity index is 720. The lowest BCUT2D eigenvalue weighted by molar-refractivity contribution is -0.112. The monoisotopic (exact) mass is 339 g/mol. The van der Waals surface area contributed by atoms with E-state index in [4.69, 9.17) is 14.9 Å². The van der Waals surface area contributed by atoms with Gasteiger partial charge in [-0.25, -0.2) is 0 Å². The number of nitriles is 1. The highest BCUT2D eigenvalue weighted by atomic mass is 32.2. The number of likely N-dealkylation sites (N-methyl/N-ethyl adjacent to an activating group) is 1. The number of nitrogens with one attached hydrogen (secondary N) is 1. The lowest BCUT2D eigenvalue weighted by Gasteiger charge is -2.17. The summed E-state index contributed by atoms with van der Waals surface area (Å²) < 4.78 is 30.7. The van der Waals surface area contributed by atoms with Crippen LogP contribution in [0.15, 0.2) is 40.9 Å². The maximum atomic E-state index is 12.0. The molecular weight excluding hydrogens is 322 g/mol. The Hall–Kier alpha value is -2.41. The molecule has 0 saturated carbocycles. The Morgan fingerprint density at radius 2 is 2.00 bits per heavy atom. The van der Waals surface area contributed by atoms with E-state index in [0.717, 1.165) is 12.1 Å². The minimum Gasteiger partial charge on any atom is -0.395 e. The maximum absolute atomic E-state index is 12.0. The van der Waals surface area contributed by atoms with Gasteiger partial charge in [0.2, 0.25) is 0 Å². The highest BCUT2D eigenvalue weighted by Gasteiger charge is 2.13. The molecule has 1 aromatic carbocycles. The summed E-state index contributed by atoms with van der Waals surface area (Å²) in [5.74, 6) is -0.663. The lowest BCUT2D eigenvalue weighted by atomic mass is 10.2. The minimum absolute atomic E-state index is 0.109. The van der Waals surface area contributed by atoms with E-state index in [1.165, 1.54) is 18.3 Å². The Balaban J connectivity index is 2.89. The topological polar surface area (TPSA) is 131 Å². The van der Waals surface area contributed by atoms with E-state index in [0.29, 0.717) is 6.54 Å². The van der Waals surface area contributed by atoms with Crippen LogP contribution in [-0.2, 0) is 14.9 Å². The van der Waals surface area contributed by atoms with Crippen molar-refractivity contribution in [1.82, 2.24) is 4.90 Å². The average molecular weight is 339 g/mol. The van der Waals surface area contributed by atoms with E-state index in [-0.39, 0.29) is 29.3 Å². The molecular formula is C14H17N3O5S. The zero-order valence-corrected chi connectivity index (χ0v) is 13.2. The van der Waals surface area contributed by atoms with Gasteiger partial charge in [0, 0.05) is 25.0 Å². The van der Waals surface area contributed by atoms with Gasteiger partial charge in [-0.1, -0.05) is 0 Å². The standard InChI is InChI=1S/C14H17N3O5S/c1-2-17(7-8-18)10-11(9-15)14(19)16-12-3-5-13(6-4-12)23(20,21)22/h3-6,10,18H,2,7-8H2,1H3,(H,16,19)(H,20,21,22)/b11-10-. The largest absolute Gasteiger partial charge is 0.395 e. The van der Waals surface area contributed by atoms with E-state index in [1.807, 2.05) is 6.92 Å². The first-order chi connectivity index (χ1) is 10.8. The van der Waals surface area contributed by atoms with Crippen LogP contribution in [0.3, 0.4) is 0 Å². The van der Waals surface area contributed by atoms with Crippen LogP contribution >= 0.6 is 0 Å². The Kier molecular flexibility index (Phi) is 6.71. The van der Waals surface area contributed by atoms with Gasteiger partial charge in [0.15, 0.2) is 0 Å². The highest BCUT2D eigenvalue weighted by molar-refractivity contribution is 7.85. The maximum Gasteiger partial charge on any atom is 0.294 e. The molecule has 0 radical (unpaired) electrons. The number of hydrogen-bond acceptors (Lipinski definition) is 6. The molecule has 0 aliphatic heterocycles. The fraction of sp³-hybridized carbons (Fsp3) is 0.286. The molecule has 1 aromatic rings. The van der Waals surface area contributed by atoms with Gasteiger partial charge in [0.25, 0.3) is 16.0 Å². The van der Waals surface area contributed by atoms with Crippen LogP contribution in [0, 0.1) is 11.3 Å². The summed E-state index contributed by atoms with van der Waals surface area (Å²) in [5.41, 5.74) is 0.118. The van der Waals surface area contributed by atoms with Crippen molar-refractivity contribution in [2.24, 2.45) is 0 Å². The number of carbonyl (C=O) groups excluding carboxylic acids is 1. The highest BCUT2D eigenvalue weighted by Crippen LogP contribution is 2.14. The molecule has 0 fully saturated rings. The molecule has 0 unspecified atom stereocenters. The molecule has 8 nitrogen and oxygen atoms in total. The van der Waals surface area contributed by atoms with Crippen LogP contribution in [0.5, 0.6) is 0 Å². The number of nitrogens with zero attached hydrogens (tertiary/aromatic N) is 2. The van der Waals surface area contributed by atoms with Crippen LogP contribution in [0.4, 0.5) is 5.69 Å². The van der Waals surface area contributed by atoms with Crippen molar-refractivity contribution in [3.05, 3.63) is 36.0 Å². The number of anilines is 1. The predicted molar refractivity (Wildman–Crippen MR) is 82.9 cm³/mol. The molecule has 0 bridgehead atoms. The molecule has 3 N–H and O–H groups in total. The first kappa shape index (κ1) is 18.6. The van der Waals surface area contributed by atoms with Crippen molar-refractivity contribution in [1.29, 1.82) is 5.26 Å². The van der Waals surface area contributed by atoms with Gasteiger partial charge in [-0.05, 0) is 31.2 Å². The number of amides is 1. The molecule has 124 valence electrons. The second-order valence-corrected chi connectivity index (χ2v) is 5.88. The average Bonchev–Trinajstić information content (AvgIpc) is 2.50. The number of benzene rings is 1. The number of carbonyl (C=O) groups is 1. The van der Waals surface area contributed by atoms with Gasteiger partial charge in [0.1, 0.15) is 11.6 Å². The molecule has 23 heavy (non-hydrogen) atoms. The van der Waals surface area contributed by atoms with Crippen molar-refractivity contribution in [2.45, 2.75) is 11.8 Å². The zero-order chi connectivity index (χ0) is 17.5. The molecule has 9 heteroatoms. The summed E-state index contributed by atoms with van der Waals surface area (Å²) >= 11 is 0. The summed E-state index contributed by atoms with van der Waals surface area (Å²) in [4.78, 5) is 13.3. The number of aliphatic hydroxyl groups is 1. The van der Waals surface area contributed by atoms with E-state index in [2.05, 4.69) is 5.32 Å². The van der Waals surface area contributed by atoms with Gasteiger partial charge in [-0.3, -0.25) is 9.35 Å². The van der Waals surface area contributed by atoms with Crippen LogP contribution in [0.25, 0.3) is 0 Å². The van der Waals surface area contributed by atoms with E-state index < -0.39 is 16.0 Å². The minimum atomic E-state index is -4.30. The zero-order valence-electron chi connectivity index (χ0n) is 12.4. The quantitative estimate of drug-likeness (QED) is 0.376. The Morgan fingerprint density at radius 3 is 2.43 bits per heavy atom. The Labute approximate surface area is 134 Å². The van der Waals surface area contributed by atoms with E-state index >= 15 is 0 Å².